The number of rotatable bonds is 3. The molecule has 0 aliphatic heterocycles. The first-order valence-corrected chi connectivity index (χ1v) is 4.37. The van der Waals surface area contributed by atoms with Crippen molar-refractivity contribution in [2.75, 3.05) is 0 Å². The van der Waals surface area contributed by atoms with E-state index >= 15 is 0 Å². The fourth-order valence-electron chi connectivity index (χ4n) is 1.18. The van der Waals surface area contributed by atoms with Crippen molar-refractivity contribution in [3.63, 3.8) is 0 Å². The van der Waals surface area contributed by atoms with Crippen molar-refractivity contribution in [1.82, 2.24) is 0 Å². The van der Waals surface area contributed by atoms with Crippen molar-refractivity contribution in [2.45, 2.75) is 25.5 Å². The molecule has 4 N–H and O–H groups in total. The molecule has 0 radical (unpaired) electrons. The van der Waals surface area contributed by atoms with Crippen molar-refractivity contribution in [1.29, 1.82) is 0 Å². The number of benzene rings is 1. The molecule has 0 aromatic heterocycles. The quantitative estimate of drug-likeness (QED) is 0.655. The second-order valence-electron chi connectivity index (χ2n) is 3.11. The van der Waals surface area contributed by atoms with Crippen molar-refractivity contribution in [3.05, 3.63) is 29.8 Å². The van der Waals surface area contributed by atoms with Crippen molar-refractivity contribution in [3.8, 4) is 5.75 Å². The van der Waals surface area contributed by atoms with Gasteiger partial charge in [-0.2, -0.15) is 0 Å². The van der Waals surface area contributed by atoms with Gasteiger partial charge in [0.05, 0.1) is 6.10 Å². The molecule has 1 rings (SSSR count). The molecule has 3 nitrogen and oxygen atoms in total. The third kappa shape index (κ3) is 2.44. The minimum absolute atomic E-state index is 0.153. The van der Waals surface area contributed by atoms with E-state index in [1.54, 1.807) is 18.2 Å². The van der Waals surface area contributed by atoms with Crippen LogP contribution in [0, 0.1) is 0 Å². The first-order chi connectivity index (χ1) is 6.15. The van der Waals surface area contributed by atoms with Crippen LogP contribution in [0.1, 0.15) is 25.0 Å². The lowest BCUT2D eigenvalue weighted by molar-refractivity contribution is 0.144. The Morgan fingerprint density at radius 3 is 2.69 bits per heavy atom. The highest BCUT2D eigenvalue weighted by molar-refractivity contribution is 5.29. The Hall–Kier alpha value is -1.06. The number of phenolic OH excluding ortho intramolecular Hbond substituents is 1. The minimum Gasteiger partial charge on any atom is -0.508 e. The van der Waals surface area contributed by atoms with Crippen LogP contribution < -0.4 is 5.73 Å². The summed E-state index contributed by atoms with van der Waals surface area (Å²) in [4.78, 5) is 0. The van der Waals surface area contributed by atoms with Gasteiger partial charge in [-0.25, -0.2) is 0 Å². The Kier molecular flexibility index (Phi) is 3.28. The lowest BCUT2D eigenvalue weighted by Gasteiger charge is -2.17. The van der Waals surface area contributed by atoms with E-state index in [0.29, 0.717) is 12.0 Å². The lowest BCUT2D eigenvalue weighted by atomic mass is 10.0. The average molecular weight is 181 g/mol. The van der Waals surface area contributed by atoms with Crippen LogP contribution in [0.4, 0.5) is 0 Å². The van der Waals surface area contributed by atoms with Crippen LogP contribution in [0.25, 0.3) is 0 Å². The molecule has 72 valence electrons. The van der Waals surface area contributed by atoms with Gasteiger partial charge < -0.3 is 15.9 Å². The highest BCUT2D eigenvalue weighted by atomic mass is 16.3. The number of hydrogen-bond donors (Lipinski definition) is 3. The maximum absolute atomic E-state index is 9.68. The van der Waals surface area contributed by atoms with E-state index in [1.165, 1.54) is 6.07 Å². The molecule has 0 aliphatic rings. The predicted molar refractivity (Wildman–Crippen MR) is 51.3 cm³/mol. The Morgan fingerprint density at radius 2 is 2.15 bits per heavy atom. The van der Waals surface area contributed by atoms with Crippen LogP contribution >= 0.6 is 0 Å². The number of aliphatic hydroxyl groups is 1. The van der Waals surface area contributed by atoms with Crippen molar-refractivity contribution >= 4 is 0 Å². The number of hydrogen-bond acceptors (Lipinski definition) is 3. The molecule has 2 atom stereocenters. The highest BCUT2D eigenvalue weighted by Crippen LogP contribution is 2.20. The van der Waals surface area contributed by atoms with E-state index in [0.717, 1.165) is 0 Å². The fraction of sp³-hybridized carbons (Fsp3) is 0.400. The largest absolute Gasteiger partial charge is 0.508 e. The summed E-state index contributed by atoms with van der Waals surface area (Å²) >= 11 is 0. The molecular formula is C10H15NO2. The minimum atomic E-state index is -0.697. The molecule has 0 spiro atoms. The van der Waals surface area contributed by atoms with Gasteiger partial charge in [-0.1, -0.05) is 19.1 Å². The molecule has 0 fully saturated rings. The molecule has 13 heavy (non-hydrogen) atoms. The highest BCUT2D eigenvalue weighted by Gasteiger charge is 2.14. The molecule has 2 unspecified atom stereocenters. The zero-order valence-electron chi connectivity index (χ0n) is 7.64. The Labute approximate surface area is 77.8 Å². The molecule has 0 heterocycles. The Bertz CT molecular complexity index is 275. The summed E-state index contributed by atoms with van der Waals surface area (Å²) in [5.74, 6) is 0.153. The maximum Gasteiger partial charge on any atom is 0.115 e. The van der Waals surface area contributed by atoms with Crippen LogP contribution in [-0.2, 0) is 0 Å². The zero-order chi connectivity index (χ0) is 9.84. The molecule has 1 aromatic carbocycles. The van der Waals surface area contributed by atoms with Gasteiger partial charge in [0.2, 0.25) is 0 Å². The van der Waals surface area contributed by atoms with Crippen LogP contribution in [-0.4, -0.2) is 16.3 Å². The van der Waals surface area contributed by atoms with Crippen LogP contribution in [0.3, 0.4) is 0 Å². The first-order valence-electron chi connectivity index (χ1n) is 4.37. The summed E-state index contributed by atoms with van der Waals surface area (Å²) in [6, 6.07) is 6.26. The normalized spacial score (nSPS) is 15.3. The van der Waals surface area contributed by atoms with E-state index in [2.05, 4.69) is 0 Å². The summed E-state index contributed by atoms with van der Waals surface area (Å²) < 4.78 is 0. The van der Waals surface area contributed by atoms with Gasteiger partial charge in [0.15, 0.2) is 0 Å². The standard InChI is InChI=1S/C10H15NO2/c1-2-9(11)10(13)7-4-3-5-8(12)6-7/h3-6,9-10,12-13H,2,11H2,1H3. The van der Waals surface area contributed by atoms with Crippen LogP contribution in [0.15, 0.2) is 24.3 Å². The van der Waals surface area contributed by atoms with Gasteiger partial charge in [-0.05, 0) is 24.1 Å². The molecule has 0 saturated carbocycles. The predicted octanol–water partition coefficient (Wildman–Crippen LogP) is 1.16. The van der Waals surface area contributed by atoms with Crippen LogP contribution in [0.2, 0.25) is 0 Å². The van der Waals surface area contributed by atoms with Gasteiger partial charge in [-0.3, -0.25) is 0 Å². The summed E-state index contributed by atoms with van der Waals surface area (Å²) in [5.41, 5.74) is 6.33. The molecular weight excluding hydrogens is 166 g/mol. The Balaban J connectivity index is 2.82. The fourth-order valence-corrected chi connectivity index (χ4v) is 1.18. The van der Waals surface area contributed by atoms with Gasteiger partial charge >= 0.3 is 0 Å². The third-order valence-corrected chi connectivity index (χ3v) is 2.09. The Morgan fingerprint density at radius 1 is 1.46 bits per heavy atom. The van der Waals surface area contributed by atoms with E-state index in [-0.39, 0.29) is 11.8 Å². The van der Waals surface area contributed by atoms with E-state index in [1.807, 2.05) is 6.92 Å². The maximum atomic E-state index is 9.68. The zero-order valence-corrected chi connectivity index (χ0v) is 7.64. The number of aliphatic hydroxyl groups excluding tert-OH is 1. The SMILES string of the molecule is CCC(N)C(O)c1cccc(O)c1. The van der Waals surface area contributed by atoms with E-state index in [9.17, 15) is 5.11 Å². The monoisotopic (exact) mass is 181 g/mol. The number of phenols is 1. The lowest BCUT2D eigenvalue weighted by Crippen LogP contribution is -2.27. The third-order valence-electron chi connectivity index (χ3n) is 2.09. The topological polar surface area (TPSA) is 66.5 Å². The second kappa shape index (κ2) is 4.25. The van der Waals surface area contributed by atoms with E-state index in [4.69, 9.17) is 10.8 Å². The smallest absolute Gasteiger partial charge is 0.115 e. The average Bonchev–Trinajstić information content (AvgIpc) is 2.15. The summed E-state index contributed by atoms with van der Waals surface area (Å²) in [5, 5.41) is 18.8. The number of nitrogens with two attached hydrogens (primary N) is 1. The second-order valence-corrected chi connectivity index (χ2v) is 3.11. The first kappa shape index (κ1) is 10.0. The molecule has 0 aliphatic carbocycles. The summed E-state index contributed by atoms with van der Waals surface area (Å²) in [6.07, 6.45) is 0.00805. The molecule has 0 amide bonds. The number of aromatic hydroxyl groups is 1. The van der Waals surface area contributed by atoms with Gasteiger partial charge in [0.25, 0.3) is 0 Å². The molecule has 1 aromatic rings. The molecule has 0 bridgehead atoms. The van der Waals surface area contributed by atoms with Crippen molar-refractivity contribution < 1.29 is 10.2 Å². The molecule has 0 saturated heterocycles. The summed E-state index contributed by atoms with van der Waals surface area (Å²) in [7, 11) is 0. The molecule has 3 heteroatoms. The van der Waals surface area contributed by atoms with Gasteiger partial charge in [-0.15, -0.1) is 0 Å². The summed E-state index contributed by atoms with van der Waals surface area (Å²) in [6.45, 7) is 1.91. The van der Waals surface area contributed by atoms with Gasteiger partial charge in [0, 0.05) is 6.04 Å². The van der Waals surface area contributed by atoms with E-state index < -0.39 is 6.10 Å². The van der Waals surface area contributed by atoms with Crippen LogP contribution in [0.5, 0.6) is 5.75 Å². The van der Waals surface area contributed by atoms with Crippen molar-refractivity contribution in [2.24, 2.45) is 5.73 Å². The van der Waals surface area contributed by atoms with Gasteiger partial charge in [0.1, 0.15) is 5.75 Å².